The summed E-state index contributed by atoms with van der Waals surface area (Å²) in [7, 11) is 0. The molecule has 210 valence electrons. The lowest BCUT2D eigenvalue weighted by Crippen LogP contribution is -2.59. The molecular formula is C25H31ClF3N3O6. The molecular weight excluding hydrogens is 531 g/mol. The van der Waals surface area contributed by atoms with Crippen molar-refractivity contribution in [1.29, 1.82) is 0 Å². The summed E-state index contributed by atoms with van der Waals surface area (Å²) in [6, 6.07) is 2.71. The highest BCUT2D eigenvalue weighted by Crippen LogP contribution is 2.53. The fourth-order valence-corrected chi connectivity index (χ4v) is 5.47. The molecule has 3 aliphatic rings. The largest absolute Gasteiger partial charge is 0.573 e. The summed E-state index contributed by atoms with van der Waals surface area (Å²) in [5.41, 5.74) is 0.327. The van der Waals surface area contributed by atoms with Gasteiger partial charge in [-0.1, -0.05) is 17.7 Å². The van der Waals surface area contributed by atoms with Crippen LogP contribution in [0.2, 0.25) is 5.02 Å². The van der Waals surface area contributed by atoms with Crippen LogP contribution in [0.3, 0.4) is 0 Å². The predicted molar refractivity (Wildman–Crippen MR) is 129 cm³/mol. The van der Waals surface area contributed by atoms with E-state index in [1.807, 2.05) is 0 Å². The quantitative estimate of drug-likeness (QED) is 0.527. The maximum atomic E-state index is 12.9. The minimum Gasteiger partial charge on any atom is -0.404 e. The summed E-state index contributed by atoms with van der Waals surface area (Å²) in [6.07, 6.45) is -4.18. The van der Waals surface area contributed by atoms with Crippen molar-refractivity contribution in [3.8, 4) is 5.75 Å². The van der Waals surface area contributed by atoms with E-state index in [2.05, 4.69) is 4.74 Å². The Morgan fingerprint density at radius 1 is 1.18 bits per heavy atom. The Hall–Kier alpha value is -2.57. The number of nitrogens with zero attached hydrogens (tertiary/aromatic N) is 3. The van der Waals surface area contributed by atoms with Gasteiger partial charge >= 0.3 is 6.36 Å². The summed E-state index contributed by atoms with van der Waals surface area (Å²) in [5.74, 6) is -1.63. The van der Waals surface area contributed by atoms with E-state index in [-0.39, 0.29) is 61.3 Å². The summed E-state index contributed by atoms with van der Waals surface area (Å²) in [6.45, 7) is 2.64. The first-order valence-corrected chi connectivity index (χ1v) is 12.9. The minimum atomic E-state index is -4.90. The standard InChI is InChI=1S/C25H31ClF3N3O6/c1-15-23(37)31(13-17(33)12-21(35)30-7-6-24(4-5-24)20(34)14-30)8-9-32(15)22(36)11-16-2-3-19(18(26)10-16)38-25(27,28)29/h2-3,10,15,17,20,33-34H,4-9,11-14H2,1H3/t15-,17+,20+/m0/s1. The number of aliphatic hydroxyl groups is 2. The van der Waals surface area contributed by atoms with Crippen LogP contribution in [0.4, 0.5) is 13.2 Å². The van der Waals surface area contributed by atoms with Crippen molar-refractivity contribution in [3.63, 3.8) is 0 Å². The number of ether oxygens (including phenoxy) is 1. The number of halogens is 4. The maximum absolute atomic E-state index is 12.9. The molecule has 3 atom stereocenters. The van der Waals surface area contributed by atoms with Gasteiger partial charge in [0.1, 0.15) is 11.8 Å². The summed E-state index contributed by atoms with van der Waals surface area (Å²) >= 11 is 5.86. The first kappa shape index (κ1) is 28.4. The number of carbonyl (C=O) groups is 3. The second-order valence-electron chi connectivity index (χ2n) is 10.4. The molecule has 0 aromatic heterocycles. The van der Waals surface area contributed by atoms with Crippen molar-refractivity contribution in [1.82, 2.24) is 14.7 Å². The molecule has 1 spiro atoms. The van der Waals surface area contributed by atoms with E-state index in [0.717, 1.165) is 25.3 Å². The summed E-state index contributed by atoms with van der Waals surface area (Å²) in [5, 5.41) is 20.5. The number of piperidine rings is 1. The first-order chi connectivity index (χ1) is 17.8. The van der Waals surface area contributed by atoms with Gasteiger partial charge < -0.3 is 29.6 Å². The molecule has 0 radical (unpaired) electrons. The van der Waals surface area contributed by atoms with Gasteiger partial charge in [-0.2, -0.15) is 0 Å². The lowest BCUT2D eigenvalue weighted by Gasteiger charge is -2.40. The van der Waals surface area contributed by atoms with E-state index in [9.17, 15) is 37.8 Å². The van der Waals surface area contributed by atoms with E-state index in [1.54, 1.807) is 11.8 Å². The van der Waals surface area contributed by atoms with Crippen LogP contribution in [0.1, 0.15) is 38.2 Å². The van der Waals surface area contributed by atoms with Crippen LogP contribution in [-0.4, -0.2) is 100.0 Å². The SMILES string of the molecule is C[C@H]1C(=O)N(C[C@H](O)CC(=O)N2CCC3(CC3)[C@H](O)C2)CCN1C(=O)Cc1ccc(OC(F)(F)F)c(Cl)c1. The van der Waals surface area contributed by atoms with Gasteiger partial charge in [-0.25, -0.2) is 0 Å². The second kappa shape index (κ2) is 10.9. The van der Waals surface area contributed by atoms with Gasteiger partial charge in [-0.3, -0.25) is 14.4 Å². The summed E-state index contributed by atoms with van der Waals surface area (Å²) < 4.78 is 41.1. The van der Waals surface area contributed by atoms with Crippen LogP contribution in [0.5, 0.6) is 5.75 Å². The van der Waals surface area contributed by atoms with Crippen LogP contribution >= 0.6 is 11.6 Å². The molecule has 1 aromatic carbocycles. The highest BCUT2D eigenvalue weighted by molar-refractivity contribution is 6.32. The van der Waals surface area contributed by atoms with Gasteiger partial charge in [0, 0.05) is 32.7 Å². The van der Waals surface area contributed by atoms with Crippen molar-refractivity contribution < 1.29 is 42.5 Å². The van der Waals surface area contributed by atoms with Crippen molar-refractivity contribution in [3.05, 3.63) is 28.8 Å². The van der Waals surface area contributed by atoms with Crippen molar-refractivity contribution in [2.45, 2.75) is 63.6 Å². The van der Waals surface area contributed by atoms with Gasteiger partial charge in [0.15, 0.2) is 0 Å². The zero-order valence-corrected chi connectivity index (χ0v) is 21.7. The number of β-amino-alcohol motifs (C(OH)–C–C–N with tert-alkyl or cyclic N) is 2. The lowest BCUT2D eigenvalue weighted by atomic mass is 9.90. The van der Waals surface area contributed by atoms with Crippen LogP contribution in [-0.2, 0) is 20.8 Å². The molecule has 0 bridgehead atoms. The number of hydrogen-bond acceptors (Lipinski definition) is 6. The third-order valence-electron chi connectivity index (χ3n) is 7.71. The molecule has 2 saturated heterocycles. The Balaban J connectivity index is 1.26. The van der Waals surface area contributed by atoms with E-state index >= 15 is 0 Å². The normalized spacial score (nSPS) is 24.0. The average molecular weight is 562 g/mol. The van der Waals surface area contributed by atoms with Gasteiger partial charge in [0.05, 0.1) is 30.1 Å². The number of piperazine rings is 1. The van der Waals surface area contributed by atoms with E-state index in [0.29, 0.717) is 12.1 Å². The maximum Gasteiger partial charge on any atom is 0.573 e. The highest BCUT2D eigenvalue weighted by Gasteiger charge is 2.51. The molecule has 1 saturated carbocycles. The predicted octanol–water partition coefficient (Wildman–Crippen LogP) is 1.96. The molecule has 9 nitrogen and oxygen atoms in total. The molecule has 3 fully saturated rings. The molecule has 1 aromatic rings. The first-order valence-electron chi connectivity index (χ1n) is 12.5. The number of alkyl halides is 3. The number of aliphatic hydroxyl groups excluding tert-OH is 2. The average Bonchev–Trinajstić information content (AvgIpc) is 3.60. The molecule has 38 heavy (non-hydrogen) atoms. The molecule has 13 heteroatoms. The van der Waals surface area contributed by atoms with Gasteiger partial charge in [-0.15, -0.1) is 13.2 Å². The number of benzene rings is 1. The van der Waals surface area contributed by atoms with Crippen LogP contribution in [0, 0.1) is 5.41 Å². The molecule has 2 aliphatic heterocycles. The Bertz CT molecular complexity index is 1080. The van der Waals surface area contributed by atoms with E-state index < -0.39 is 36.3 Å². The zero-order chi connectivity index (χ0) is 27.8. The Labute approximate surface area is 223 Å². The van der Waals surface area contributed by atoms with Crippen LogP contribution in [0.15, 0.2) is 18.2 Å². The van der Waals surface area contributed by atoms with Gasteiger partial charge in [0.25, 0.3) is 0 Å². The Morgan fingerprint density at radius 2 is 1.89 bits per heavy atom. The van der Waals surface area contributed by atoms with E-state index in [4.69, 9.17) is 11.6 Å². The highest BCUT2D eigenvalue weighted by atomic mass is 35.5. The number of amides is 3. The van der Waals surface area contributed by atoms with Gasteiger partial charge in [0.2, 0.25) is 17.7 Å². The van der Waals surface area contributed by atoms with Gasteiger partial charge in [-0.05, 0) is 49.3 Å². The van der Waals surface area contributed by atoms with Crippen molar-refractivity contribution in [2.75, 3.05) is 32.7 Å². The topological polar surface area (TPSA) is 111 Å². The monoisotopic (exact) mass is 561 g/mol. The molecule has 4 rings (SSSR count). The third kappa shape index (κ3) is 6.52. The number of rotatable bonds is 7. The summed E-state index contributed by atoms with van der Waals surface area (Å²) in [4.78, 5) is 42.7. The molecule has 0 unspecified atom stereocenters. The molecule has 3 amide bonds. The molecule has 2 N–H and O–H groups in total. The second-order valence-corrected chi connectivity index (χ2v) is 10.8. The number of carbonyl (C=O) groups excluding carboxylic acids is 3. The van der Waals surface area contributed by atoms with E-state index in [1.165, 1.54) is 21.9 Å². The van der Waals surface area contributed by atoms with Crippen LogP contribution < -0.4 is 4.74 Å². The Morgan fingerprint density at radius 3 is 2.50 bits per heavy atom. The lowest BCUT2D eigenvalue weighted by molar-refractivity contribution is -0.274. The fraction of sp³-hybridized carbons (Fsp3) is 0.640. The number of hydrogen-bond donors (Lipinski definition) is 2. The number of likely N-dealkylation sites (tertiary alicyclic amines) is 1. The Kier molecular flexibility index (Phi) is 8.15. The third-order valence-corrected chi connectivity index (χ3v) is 8.01. The van der Waals surface area contributed by atoms with Crippen LogP contribution in [0.25, 0.3) is 0 Å². The van der Waals surface area contributed by atoms with Crippen molar-refractivity contribution in [2.24, 2.45) is 5.41 Å². The van der Waals surface area contributed by atoms with Crippen molar-refractivity contribution >= 4 is 29.3 Å². The smallest absolute Gasteiger partial charge is 0.404 e. The minimum absolute atomic E-state index is 0.0354. The fourth-order valence-electron chi connectivity index (χ4n) is 5.23. The molecule has 1 aliphatic carbocycles. The molecule has 2 heterocycles. The zero-order valence-electron chi connectivity index (χ0n) is 20.9.